The zero-order valence-electron chi connectivity index (χ0n) is 6.77. The maximum Gasteiger partial charge on any atom is 0.0330 e. The predicted molar refractivity (Wildman–Crippen MR) is 44.9 cm³/mol. The number of hydrogen-bond acceptors (Lipinski definition) is 2. The Morgan fingerprint density at radius 2 is 2.36 bits per heavy atom. The van der Waals surface area contributed by atoms with Crippen molar-refractivity contribution in [3.63, 3.8) is 0 Å². The molecular weight excluding hydrogens is 136 g/mol. The van der Waals surface area contributed by atoms with Crippen LogP contribution in [0.25, 0.3) is 0 Å². The molecule has 1 atom stereocenters. The maximum atomic E-state index is 5.34. The van der Waals surface area contributed by atoms with Gasteiger partial charge in [-0.05, 0) is 19.4 Å². The summed E-state index contributed by atoms with van der Waals surface area (Å²) in [6, 6.07) is 2.72. The molecule has 11 heavy (non-hydrogen) atoms. The van der Waals surface area contributed by atoms with E-state index in [9.17, 15) is 0 Å². The molecule has 2 aliphatic heterocycles. The minimum absolute atomic E-state index is 0.534. The van der Waals surface area contributed by atoms with Crippen molar-refractivity contribution in [1.29, 1.82) is 0 Å². The van der Waals surface area contributed by atoms with E-state index in [1.165, 1.54) is 25.9 Å². The Kier molecular flexibility index (Phi) is 1.54. The van der Waals surface area contributed by atoms with Gasteiger partial charge in [-0.25, -0.2) is 0 Å². The molecule has 0 amide bonds. The molecule has 60 valence electrons. The summed E-state index contributed by atoms with van der Waals surface area (Å²) >= 11 is 0. The molecule has 2 rings (SSSR count). The zero-order valence-corrected chi connectivity index (χ0v) is 6.77. The monoisotopic (exact) mass is 150 g/mol. The molecule has 1 N–H and O–H groups in total. The average Bonchev–Trinajstić information content (AvgIpc) is 2.62. The van der Waals surface area contributed by atoms with Gasteiger partial charge in [0.15, 0.2) is 0 Å². The van der Waals surface area contributed by atoms with Crippen LogP contribution in [0.3, 0.4) is 0 Å². The fraction of sp³-hybridized carbons (Fsp3) is 0.778. The highest BCUT2D eigenvalue weighted by molar-refractivity contribution is 5.01. The summed E-state index contributed by atoms with van der Waals surface area (Å²) in [5.41, 5.74) is 0.534. The van der Waals surface area contributed by atoms with Crippen molar-refractivity contribution in [3.8, 4) is 12.5 Å². The van der Waals surface area contributed by atoms with Crippen molar-refractivity contribution in [2.24, 2.45) is 5.41 Å². The molecule has 2 nitrogen and oxygen atoms in total. The van der Waals surface area contributed by atoms with Crippen LogP contribution in [0.5, 0.6) is 0 Å². The van der Waals surface area contributed by atoms with E-state index in [-0.39, 0.29) is 0 Å². The second-order valence-electron chi connectivity index (χ2n) is 3.73. The molecule has 0 aliphatic carbocycles. The minimum atomic E-state index is 0.534. The van der Waals surface area contributed by atoms with Gasteiger partial charge in [-0.1, -0.05) is 6.42 Å². The number of likely N-dealkylation sites (tertiary alicyclic amines) is 1. The third-order valence-corrected chi connectivity index (χ3v) is 2.95. The quantitative estimate of drug-likeness (QED) is 0.498. The number of rotatable bonds is 0. The van der Waals surface area contributed by atoms with Crippen LogP contribution in [0.2, 0.25) is 0 Å². The molecular formula is C9H14N2. The Morgan fingerprint density at radius 3 is 2.91 bits per heavy atom. The first-order valence-corrected chi connectivity index (χ1v) is 4.27. The summed E-state index contributed by atoms with van der Waals surface area (Å²) in [6.45, 7) is 4.55. The largest absolute Gasteiger partial charge is 0.332 e. The fourth-order valence-electron chi connectivity index (χ4n) is 2.19. The van der Waals surface area contributed by atoms with Crippen LogP contribution in [0.4, 0.5) is 0 Å². The van der Waals surface area contributed by atoms with Crippen LogP contribution in [0, 0.1) is 17.9 Å². The summed E-state index contributed by atoms with van der Waals surface area (Å²) in [4.78, 5) is 2.10. The van der Waals surface area contributed by atoms with Gasteiger partial charge in [0.25, 0.3) is 0 Å². The number of terminal acetylenes is 1. The lowest BCUT2D eigenvalue weighted by Crippen LogP contribution is -2.27. The van der Waals surface area contributed by atoms with Crippen molar-refractivity contribution in [1.82, 2.24) is 10.2 Å². The normalized spacial score (nSPS) is 36.5. The van der Waals surface area contributed by atoms with E-state index in [1.807, 2.05) is 0 Å². The fourth-order valence-corrected chi connectivity index (χ4v) is 2.19. The van der Waals surface area contributed by atoms with E-state index in [1.54, 1.807) is 0 Å². The molecule has 0 aromatic heterocycles. The third-order valence-electron chi connectivity index (χ3n) is 2.95. The van der Waals surface area contributed by atoms with Gasteiger partial charge in [0.05, 0.1) is 0 Å². The first-order chi connectivity index (χ1) is 5.35. The van der Waals surface area contributed by atoms with E-state index >= 15 is 0 Å². The third kappa shape index (κ3) is 1.10. The Hall–Kier alpha value is -0.680. The SMILES string of the molecule is C#CN1CCC2(CCNC2)C1. The van der Waals surface area contributed by atoms with Crippen molar-refractivity contribution in [3.05, 3.63) is 0 Å². The Balaban J connectivity index is 2.03. The first kappa shape index (κ1) is 7.00. The second-order valence-corrected chi connectivity index (χ2v) is 3.73. The van der Waals surface area contributed by atoms with Crippen molar-refractivity contribution in [2.75, 3.05) is 26.2 Å². The lowest BCUT2D eigenvalue weighted by Gasteiger charge is -2.20. The van der Waals surface area contributed by atoms with Gasteiger partial charge < -0.3 is 10.2 Å². The summed E-state index contributed by atoms with van der Waals surface area (Å²) < 4.78 is 0. The van der Waals surface area contributed by atoms with Crippen LogP contribution in [0.15, 0.2) is 0 Å². The van der Waals surface area contributed by atoms with Crippen LogP contribution in [-0.2, 0) is 0 Å². The Bertz CT molecular complexity index is 186. The molecule has 2 heteroatoms. The van der Waals surface area contributed by atoms with Crippen molar-refractivity contribution in [2.45, 2.75) is 12.8 Å². The van der Waals surface area contributed by atoms with E-state index < -0.39 is 0 Å². The molecule has 0 aromatic carbocycles. The average molecular weight is 150 g/mol. The lowest BCUT2D eigenvalue weighted by atomic mass is 9.87. The van der Waals surface area contributed by atoms with Gasteiger partial charge in [0.2, 0.25) is 0 Å². The van der Waals surface area contributed by atoms with E-state index in [0.29, 0.717) is 5.41 Å². The summed E-state index contributed by atoms with van der Waals surface area (Å²) in [7, 11) is 0. The minimum Gasteiger partial charge on any atom is -0.332 e. The van der Waals surface area contributed by atoms with Gasteiger partial charge >= 0.3 is 0 Å². The Labute approximate surface area is 68.0 Å². The van der Waals surface area contributed by atoms with E-state index in [0.717, 1.165) is 13.1 Å². The highest BCUT2D eigenvalue weighted by Crippen LogP contribution is 2.35. The van der Waals surface area contributed by atoms with E-state index in [2.05, 4.69) is 16.3 Å². The second kappa shape index (κ2) is 2.42. The van der Waals surface area contributed by atoms with Crippen LogP contribution in [-0.4, -0.2) is 31.1 Å². The molecule has 1 unspecified atom stereocenters. The smallest absolute Gasteiger partial charge is 0.0330 e. The van der Waals surface area contributed by atoms with E-state index in [4.69, 9.17) is 6.42 Å². The lowest BCUT2D eigenvalue weighted by molar-refractivity contribution is 0.331. The topological polar surface area (TPSA) is 15.3 Å². The molecule has 0 saturated carbocycles. The summed E-state index contributed by atoms with van der Waals surface area (Å²) in [5.74, 6) is 0. The highest BCUT2D eigenvalue weighted by Gasteiger charge is 2.39. The maximum absolute atomic E-state index is 5.34. The van der Waals surface area contributed by atoms with Gasteiger partial charge in [0.1, 0.15) is 0 Å². The van der Waals surface area contributed by atoms with Crippen molar-refractivity contribution >= 4 is 0 Å². The van der Waals surface area contributed by atoms with Gasteiger partial charge in [0, 0.05) is 31.1 Å². The van der Waals surface area contributed by atoms with Crippen molar-refractivity contribution < 1.29 is 0 Å². The number of nitrogens with one attached hydrogen (secondary N) is 1. The number of hydrogen-bond donors (Lipinski definition) is 1. The van der Waals surface area contributed by atoms with Gasteiger partial charge in [-0.15, -0.1) is 0 Å². The molecule has 2 saturated heterocycles. The Morgan fingerprint density at radius 1 is 1.45 bits per heavy atom. The molecule has 2 fully saturated rings. The zero-order chi connectivity index (χ0) is 7.73. The summed E-state index contributed by atoms with van der Waals surface area (Å²) in [5, 5.41) is 3.40. The predicted octanol–water partition coefficient (Wildman–Crippen LogP) is 0.263. The summed E-state index contributed by atoms with van der Waals surface area (Å²) in [6.07, 6.45) is 7.93. The molecule has 0 bridgehead atoms. The first-order valence-electron chi connectivity index (χ1n) is 4.27. The molecule has 2 heterocycles. The van der Waals surface area contributed by atoms with Crippen LogP contribution in [0.1, 0.15) is 12.8 Å². The standard InChI is InChI=1S/C9H14N2/c1-2-11-6-4-9(8-11)3-5-10-7-9/h1,10H,3-8H2. The number of nitrogens with zero attached hydrogens (tertiary/aromatic N) is 1. The highest BCUT2D eigenvalue weighted by atomic mass is 15.2. The van der Waals surface area contributed by atoms with Gasteiger partial charge in [-0.3, -0.25) is 0 Å². The van der Waals surface area contributed by atoms with Gasteiger partial charge in [-0.2, -0.15) is 0 Å². The molecule has 2 aliphatic rings. The molecule has 1 spiro atoms. The molecule has 0 aromatic rings. The molecule has 0 radical (unpaired) electrons. The van der Waals surface area contributed by atoms with Crippen LogP contribution < -0.4 is 5.32 Å². The van der Waals surface area contributed by atoms with Crippen LogP contribution >= 0.6 is 0 Å².